The number of ether oxygens (including phenoxy) is 1. The fourth-order valence-electron chi connectivity index (χ4n) is 2.25. The van der Waals surface area contributed by atoms with Crippen LogP contribution in [0.25, 0.3) is 0 Å². The van der Waals surface area contributed by atoms with Crippen molar-refractivity contribution in [1.29, 1.82) is 5.26 Å². The van der Waals surface area contributed by atoms with Crippen LogP contribution >= 0.6 is 0 Å². The molecule has 5 heteroatoms. The molecule has 1 fully saturated rings. The molecular weight excluding hydrogens is 254 g/mol. The van der Waals surface area contributed by atoms with Crippen molar-refractivity contribution in [2.24, 2.45) is 0 Å². The first-order valence-corrected chi connectivity index (χ1v) is 7.09. The summed E-state index contributed by atoms with van der Waals surface area (Å²) in [5.74, 6) is 2.49. The normalized spacial score (nSPS) is 21.8. The lowest BCUT2D eigenvalue weighted by atomic mass is 10.2. The van der Waals surface area contributed by atoms with Crippen LogP contribution in [0.1, 0.15) is 33.1 Å². The number of nitriles is 1. The number of nitrogens with one attached hydrogen (secondary N) is 1. The van der Waals surface area contributed by atoms with E-state index in [4.69, 9.17) is 16.4 Å². The van der Waals surface area contributed by atoms with Gasteiger partial charge in [-0.05, 0) is 39.7 Å². The molecule has 1 aliphatic heterocycles. The summed E-state index contributed by atoms with van der Waals surface area (Å²) in [5, 5.41) is 12.1. The lowest BCUT2D eigenvalue weighted by molar-refractivity contribution is -0.131. The maximum atomic E-state index is 12.1. The van der Waals surface area contributed by atoms with Crippen molar-refractivity contribution >= 4 is 5.91 Å². The maximum absolute atomic E-state index is 12.1. The Morgan fingerprint density at radius 3 is 2.80 bits per heavy atom. The Labute approximate surface area is 121 Å². The van der Waals surface area contributed by atoms with E-state index in [2.05, 4.69) is 17.3 Å². The molecule has 1 heterocycles. The molecule has 1 N–H and O–H groups in total. The quantitative estimate of drug-likeness (QED) is 0.555. The van der Waals surface area contributed by atoms with Crippen molar-refractivity contribution in [1.82, 2.24) is 10.2 Å². The van der Waals surface area contributed by atoms with E-state index in [1.54, 1.807) is 0 Å². The first kappa shape index (κ1) is 16.5. The van der Waals surface area contributed by atoms with Crippen molar-refractivity contribution < 1.29 is 9.53 Å². The predicted molar refractivity (Wildman–Crippen MR) is 76.7 cm³/mol. The predicted octanol–water partition coefficient (Wildman–Crippen LogP) is 0.907. The van der Waals surface area contributed by atoms with Gasteiger partial charge in [-0.1, -0.05) is 5.92 Å². The molecule has 2 atom stereocenters. The number of carbonyl (C=O) groups excluding carboxylic acids is 1. The number of likely N-dealkylation sites (tertiary alicyclic amines) is 1. The Morgan fingerprint density at radius 2 is 2.20 bits per heavy atom. The summed E-state index contributed by atoms with van der Waals surface area (Å²) in [5.41, 5.74) is 0. The average Bonchev–Trinajstić information content (AvgIpc) is 2.85. The summed E-state index contributed by atoms with van der Waals surface area (Å²) < 4.78 is 5.41. The van der Waals surface area contributed by atoms with Crippen molar-refractivity contribution in [3.63, 3.8) is 0 Å². The van der Waals surface area contributed by atoms with Crippen LogP contribution in [-0.2, 0) is 9.53 Å². The van der Waals surface area contributed by atoms with Gasteiger partial charge in [-0.25, -0.2) is 0 Å². The molecule has 1 rings (SSSR count). The van der Waals surface area contributed by atoms with Crippen LogP contribution in [-0.4, -0.2) is 48.7 Å². The Balaban J connectivity index is 2.28. The molecule has 0 radical (unpaired) electrons. The zero-order valence-corrected chi connectivity index (χ0v) is 12.3. The Hall–Kier alpha value is -1.56. The number of hydrogen-bond donors (Lipinski definition) is 1. The summed E-state index contributed by atoms with van der Waals surface area (Å²) >= 11 is 0. The van der Waals surface area contributed by atoms with Crippen molar-refractivity contribution in [3.05, 3.63) is 0 Å². The highest BCUT2D eigenvalue weighted by Crippen LogP contribution is 2.23. The third-order valence-corrected chi connectivity index (χ3v) is 3.24. The molecule has 0 bridgehead atoms. The maximum Gasteiger partial charge on any atom is 0.238 e. The Bertz CT molecular complexity index is 373. The van der Waals surface area contributed by atoms with E-state index in [0.29, 0.717) is 26.0 Å². The van der Waals surface area contributed by atoms with Gasteiger partial charge < -0.3 is 15.0 Å². The Morgan fingerprint density at radius 1 is 1.50 bits per heavy atom. The lowest BCUT2D eigenvalue weighted by Gasteiger charge is -2.24. The lowest BCUT2D eigenvalue weighted by Crippen LogP contribution is -2.44. The fraction of sp³-hybridized carbons (Fsp3) is 0.733. The van der Waals surface area contributed by atoms with Gasteiger partial charge in [0.05, 0.1) is 24.8 Å². The van der Waals surface area contributed by atoms with E-state index in [0.717, 1.165) is 6.42 Å². The zero-order valence-electron chi connectivity index (χ0n) is 12.3. The second kappa shape index (κ2) is 8.58. The highest BCUT2D eigenvalue weighted by molar-refractivity contribution is 5.80. The molecule has 5 nitrogen and oxygen atoms in total. The van der Waals surface area contributed by atoms with Crippen LogP contribution in [0.15, 0.2) is 0 Å². The fourth-order valence-corrected chi connectivity index (χ4v) is 2.25. The second-order valence-electron chi connectivity index (χ2n) is 5.16. The average molecular weight is 277 g/mol. The topological polar surface area (TPSA) is 65.4 Å². The van der Waals surface area contributed by atoms with Crippen LogP contribution in [0, 0.1) is 23.7 Å². The van der Waals surface area contributed by atoms with Gasteiger partial charge in [-0.3, -0.25) is 4.79 Å². The number of terminal acetylenes is 1. The standard InChI is InChI=1S/C15H23N3O2/c1-4-13-6-7-14(10-16)18(13)15(19)11-17-8-5-9-20-12(2)3/h1,12-14,17H,5-9,11H2,2-3H3/t13-,14-/m0/s1. The first-order chi connectivity index (χ1) is 9.60. The van der Waals surface area contributed by atoms with Crippen molar-refractivity contribution in [2.75, 3.05) is 19.7 Å². The van der Waals surface area contributed by atoms with Crippen molar-refractivity contribution in [3.8, 4) is 18.4 Å². The van der Waals surface area contributed by atoms with Crippen molar-refractivity contribution in [2.45, 2.75) is 51.3 Å². The minimum atomic E-state index is -0.380. The van der Waals surface area contributed by atoms with Gasteiger partial charge >= 0.3 is 0 Å². The number of carbonyl (C=O) groups is 1. The van der Waals surface area contributed by atoms with Crippen LogP contribution < -0.4 is 5.32 Å². The highest BCUT2D eigenvalue weighted by atomic mass is 16.5. The number of hydrogen-bond acceptors (Lipinski definition) is 4. The van der Waals surface area contributed by atoms with Crippen LogP contribution in [0.5, 0.6) is 0 Å². The molecule has 1 saturated heterocycles. The number of amides is 1. The molecule has 0 aromatic rings. The van der Waals surface area contributed by atoms with Gasteiger partial charge in [0.1, 0.15) is 6.04 Å². The molecule has 0 unspecified atom stereocenters. The third-order valence-electron chi connectivity index (χ3n) is 3.24. The minimum Gasteiger partial charge on any atom is -0.379 e. The van der Waals surface area contributed by atoms with Gasteiger partial charge in [0, 0.05) is 6.61 Å². The molecule has 0 aliphatic carbocycles. The smallest absolute Gasteiger partial charge is 0.238 e. The molecule has 0 aromatic carbocycles. The second-order valence-corrected chi connectivity index (χ2v) is 5.16. The summed E-state index contributed by atoms with van der Waals surface area (Å²) in [6, 6.07) is 1.53. The van der Waals surface area contributed by atoms with E-state index in [-0.39, 0.29) is 30.6 Å². The van der Waals surface area contributed by atoms with E-state index < -0.39 is 0 Å². The molecule has 0 saturated carbocycles. The van der Waals surface area contributed by atoms with Crippen LogP contribution in [0.4, 0.5) is 0 Å². The summed E-state index contributed by atoms with van der Waals surface area (Å²) in [7, 11) is 0. The van der Waals surface area contributed by atoms with Gasteiger partial charge in [0.25, 0.3) is 0 Å². The summed E-state index contributed by atoms with van der Waals surface area (Å²) in [4.78, 5) is 13.6. The number of nitrogens with zero attached hydrogens (tertiary/aromatic N) is 2. The van der Waals surface area contributed by atoms with Crippen LogP contribution in [0.2, 0.25) is 0 Å². The largest absolute Gasteiger partial charge is 0.379 e. The third kappa shape index (κ3) is 4.85. The summed E-state index contributed by atoms with van der Waals surface area (Å²) in [6.07, 6.45) is 7.87. The first-order valence-electron chi connectivity index (χ1n) is 7.09. The molecule has 110 valence electrons. The Kier molecular flexibility index (Phi) is 7.08. The molecule has 0 spiro atoms. The van der Waals surface area contributed by atoms with Gasteiger partial charge in [-0.15, -0.1) is 6.42 Å². The molecule has 0 aromatic heterocycles. The molecule has 1 aliphatic rings. The molecule has 1 amide bonds. The van der Waals surface area contributed by atoms with E-state index >= 15 is 0 Å². The SMILES string of the molecule is C#C[C@H]1CC[C@@H](C#N)N1C(=O)CNCCCOC(C)C. The van der Waals surface area contributed by atoms with Crippen LogP contribution in [0.3, 0.4) is 0 Å². The highest BCUT2D eigenvalue weighted by Gasteiger charge is 2.35. The van der Waals surface area contributed by atoms with E-state index in [9.17, 15) is 4.79 Å². The minimum absolute atomic E-state index is 0.0956. The molecular formula is C15H23N3O2. The molecule has 20 heavy (non-hydrogen) atoms. The van der Waals surface area contributed by atoms with Gasteiger partial charge in [0.15, 0.2) is 0 Å². The van der Waals surface area contributed by atoms with E-state index in [1.807, 2.05) is 13.8 Å². The number of rotatable bonds is 7. The monoisotopic (exact) mass is 277 g/mol. The summed E-state index contributed by atoms with van der Waals surface area (Å²) in [6.45, 7) is 5.59. The van der Waals surface area contributed by atoms with Gasteiger partial charge in [0.2, 0.25) is 5.91 Å². The zero-order chi connectivity index (χ0) is 15.0. The van der Waals surface area contributed by atoms with Gasteiger partial charge in [-0.2, -0.15) is 5.26 Å². The van der Waals surface area contributed by atoms with E-state index in [1.165, 1.54) is 4.90 Å².